The number of aliphatic hydroxyl groups is 1. The van der Waals surface area contributed by atoms with Gasteiger partial charge in [0.25, 0.3) is 0 Å². The molecule has 7 heteroatoms. The smallest absolute Gasteiger partial charge is 0.441 e. The Labute approximate surface area is 99.6 Å². The van der Waals surface area contributed by atoms with Crippen LogP contribution in [0.1, 0.15) is 27.2 Å². The second kappa shape index (κ2) is 5.22. The Morgan fingerprint density at radius 1 is 1.41 bits per heavy atom. The van der Waals surface area contributed by atoms with Gasteiger partial charge in [-0.25, -0.2) is 9.59 Å². The molecule has 1 atom stereocenters. The van der Waals surface area contributed by atoms with Crippen molar-refractivity contribution in [3.05, 3.63) is 0 Å². The van der Waals surface area contributed by atoms with Crippen molar-refractivity contribution in [1.29, 1.82) is 0 Å². The zero-order chi connectivity index (χ0) is 13.1. The number of hydroxylamine groups is 1. The van der Waals surface area contributed by atoms with Crippen LogP contribution in [0.4, 0.5) is 9.59 Å². The predicted octanol–water partition coefficient (Wildman–Crippen LogP) is 0.629. The van der Waals surface area contributed by atoms with Crippen LogP contribution in [0, 0.1) is 0 Å². The highest BCUT2D eigenvalue weighted by molar-refractivity contribution is 5.72. The lowest BCUT2D eigenvalue weighted by molar-refractivity contribution is 0.00677. The van der Waals surface area contributed by atoms with Crippen molar-refractivity contribution in [2.24, 2.45) is 0 Å². The van der Waals surface area contributed by atoms with Crippen molar-refractivity contribution in [2.45, 2.75) is 38.9 Å². The average molecular weight is 246 g/mol. The maximum absolute atomic E-state index is 11.4. The Morgan fingerprint density at radius 3 is 2.53 bits per heavy atom. The summed E-state index contributed by atoms with van der Waals surface area (Å²) in [5.74, 6) is 0. The molecule has 17 heavy (non-hydrogen) atoms. The lowest BCUT2D eigenvalue weighted by Crippen LogP contribution is -2.38. The van der Waals surface area contributed by atoms with Gasteiger partial charge in [0.15, 0.2) is 0 Å². The van der Waals surface area contributed by atoms with E-state index in [-0.39, 0.29) is 6.54 Å². The summed E-state index contributed by atoms with van der Waals surface area (Å²) in [5, 5.41) is 9.22. The van der Waals surface area contributed by atoms with Gasteiger partial charge in [-0.3, -0.25) is 0 Å². The first-order valence-corrected chi connectivity index (χ1v) is 5.41. The SMILES string of the molecule is CC(C)(C)OC(=O)NOC(=O)N1CCC(O)C1. The Morgan fingerprint density at radius 2 is 2.06 bits per heavy atom. The van der Waals surface area contributed by atoms with Gasteiger partial charge in [-0.1, -0.05) is 0 Å². The van der Waals surface area contributed by atoms with E-state index >= 15 is 0 Å². The van der Waals surface area contributed by atoms with E-state index in [1.165, 1.54) is 4.90 Å². The van der Waals surface area contributed by atoms with Crippen LogP contribution in [0.5, 0.6) is 0 Å². The summed E-state index contributed by atoms with van der Waals surface area (Å²) in [6.45, 7) is 5.73. The van der Waals surface area contributed by atoms with Crippen molar-refractivity contribution >= 4 is 12.2 Å². The maximum Gasteiger partial charge on any atom is 0.441 e. The number of rotatable bonds is 0. The molecule has 1 rings (SSSR count). The van der Waals surface area contributed by atoms with E-state index in [4.69, 9.17) is 4.74 Å². The Bertz CT molecular complexity index is 300. The zero-order valence-corrected chi connectivity index (χ0v) is 10.2. The third-order valence-corrected chi connectivity index (χ3v) is 2.04. The van der Waals surface area contributed by atoms with Crippen LogP contribution in [0.3, 0.4) is 0 Å². The summed E-state index contributed by atoms with van der Waals surface area (Å²) in [5.41, 5.74) is 1.24. The van der Waals surface area contributed by atoms with Crippen LogP contribution in [0.15, 0.2) is 0 Å². The van der Waals surface area contributed by atoms with E-state index in [2.05, 4.69) is 4.84 Å². The fourth-order valence-electron chi connectivity index (χ4n) is 1.36. The van der Waals surface area contributed by atoms with E-state index in [9.17, 15) is 14.7 Å². The zero-order valence-electron chi connectivity index (χ0n) is 10.2. The van der Waals surface area contributed by atoms with Gasteiger partial charge in [-0.15, -0.1) is 5.48 Å². The topological polar surface area (TPSA) is 88.1 Å². The summed E-state index contributed by atoms with van der Waals surface area (Å²) in [7, 11) is 0. The normalized spacial score (nSPS) is 20.0. The molecule has 98 valence electrons. The second-order valence-corrected chi connectivity index (χ2v) is 4.86. The molecule has 0 aromatic heterocycles. The van der Waals surface area contributed by atoms with Crippen LogP contribution in [-0.2, 0) is 9.57 Å². The van der Waals surface area contributed by atoms with Gasteiger partial charge in [-0.2, -0.15) is 0 Å². The highest BCUT2D eigenvalue weighted by Crippen LogP contribution is 2.10. The first-order valence-electron chi connectivity index (χ1n) is 5.41. The number of carbonyl (C=O) groups is 2. The first-order chi connectivity index (χ1) is 7.78. The lowest BCUT2D eigenvalue weighted by atomic mass is 10.2. The molecule has 0 aromatic rings. The molecule has 0 aromatic carbocycles. The van der Waals surface area contributed by atoms with Crippen molar-refractivity contribution in [3.63, 3.8) is 0 Å². The van der Waals surface area contributed by atoms with Crippen molar-refractivity contribution in [2.75, 3.05) is 13.1 Å². The molecule has 0 aliphatic carbocycles. The Kier molecular flexibility index (Phi) is 4.17. The van der Waals surface area contributed by atoms with Gasteiger partial charge in [0.1, 0.15) is 5.60 Å². The highest BCUT2D eigenvalue weighted by Gasteiger charge is 2.26. The number of nitrogens with zero attached hydrogens (tertiary/aromatic N) is 1. The van der Waals surface area contributed by atoms with Gasteiger partial charge < -0.3 is 19.6 Å². The third kappa shape index (κ3) is 4.90. The van der Waals surface area contributed by atoms with Gasteiger partial charge in [-0.05, 0) is 27.2 Å². The molecule has 1 fully saturated rings. The number of amides is 2. The van der Waals surface area contributed by atoms with E-state index in [0.29, 0.717) is 13.0 Å². The molecule has 0 spiro atoms. The van der Waals surface area contributed by atoms with Crippen LogP contribution in [0.25, 0.3) is 0 Å². The first kappa shape index (κ1) is 13.6. The second-order valence-electron chi connectivity index (χ2n) is 4.86. The molecule has 0 saturated carbocycles. The number of aliphatic hydroxyl groups excluding tert-OH is 1. The highest BCUT2D eigenvalue weighted by atomic mass is 16.7. The number of hydrogen-bond acceptors (Lipinski definition) is 5. The Balaban J connectivity index is 2.26. The molecule has 7 nitrogen and oxygen atoms in total. The molecule has 0 radical (unpaired) electrons. The molecule has 1 heterocycles. The van der Waals surface area contributed by atoms with Crippen LogP contribution in [0.2, 0.25) is 0 Å². The number of nitrogens with one attached hydrogen (secondary N) is 1. The summed E-state index contributed by atoms with van der Waals surface area (Å²) < 4.78 is 4.88. The molecule has 2 N–H and O–H groups in total. The predicted molar refractivity (Wildman–Crippen MR) is 58.0 cm³/mol. The molecule has 1 unspecified atom stereocenters. The third-order valence-electron chi connectivity index (χ3n) is 2.04. The summed E-state index contributed by atoms with van der Waals surface area (Å²) in [6, 6.07) is 0. The number of carbonyl (C=O) groups excluding carboxylic acids is 2. The maximum atomic E-state index is 11.4. The summed E-state index contributed by atoms with van der Waals surface area (Å²) in [6.07, 6.45) is -1.54. The largest absolute Gasteiger partial charge is 0.442 e. The van der Waals surface area contributed by atoms with Crippen molar-refractivity contribution in [1.82, 2.24) is 10.4 Å². The number of ether oxygens (including phenoxy) is 1. The molecule has 0 bridgehead atoms. The molecule has 1 saturated heterocycles. The van der Waals surface area contributed by atoms with E-state index in [1.807, 2.05) is 5.48 Å². The molecular formula is C10H18N2O5. The van der Waals surface area contributed by atoms with Crippen LogP contribution in [-0.4, -0.2) is 47.0 Å². The van der Waals surface area contributed by atoms with Crippen LogP contribution < -0.4 is 5.48 Å². The molecular weight excluding hydrogens is 228 g/mol. The van der Waals surface area contributed by atoms with E-state index in [1.54, 1.807) is 20.8 Å². The van der Waals surface area contributed by atoms with Crippen molar-refractivity contribution in [3.8, 4) is 0 Å². The van der Waals surface area contributed by atoms with Gasteiger partial charge in [0, 0.05) is 6.54 Å². The fourth-order valence-corrected chi connectivity index (χ4v) is 1.36. The van der Waals surface area contributed by atoms with Gasteiger partial charge >= 0.3 is 12.2 Å². The molecule has 2 amide bonds. The van der Waals surface area contributed by atoms with E-state index in [0.717, 1.165) is 0 Å². The number of hydrogen-bond donors (Lipinski definition) is 2. The van der Waals surface area contributed by atoms with Crippen LogP contribution >= 0.6 is 0 Å². The lowest BCUT2D eigenvalue weighted by Gasteiger charge is -2.20. The molecule has 1 aliphatic rings. The summed E-state index contributed by atoms with van der Waals surface area (Å²) >= 11 is 0. The molecule has 1 aliphatic heterocycles. The minimum atomic E-state index is -0.828. The monoisotopic (exact) mass is 246 g/mol. The van der Waals surface area contributed by atoms with E-state index < -0.39 is 23.9 Å². The number of likely N-dealkylation sites (tertiary alicyclic amines) is 1. The summed E-state index contributed by atoms with van der Waals surface area (Å²) in [4.78, 5) is 28.4. The van der Waals surface area contributed by atoms with Gasteiger partial charge in [0.05, 0.1) is 12.6 Å². The minimum absolute atomic E-state index is 0.217. The standard InChI is InChI=1S/C10H18N2O5/c1-10(2,3)16-8(14)11-17-9(15)12-5-4-7(13)6-12/h7,13H,4-6H2,1-3H3,(H,11,14). The average Bonchev–Trinajstić information content (AvgIpc) is 2.58. The number of β-amino-alcohol motifs (C(OH)–C–C–N with tert-alkyl or cyclic N) is 1. The van der Waals surface area contributed by atoms with Gasteiger partial charge in [0.2, 0.25) is 0 Å². The van der Waals surface area contributed by atoms with Crippen molar-refractivity contribution < 1.29 is 24.3 Å². The Hall–Kier alpha value is -1.50. The minimum Gasteiger partial charge on any atom is -0.442 e. The quantitative estimate of drug-likeness (QED) is 0.612. The fraction of sp³-hybridized carbons (Fsp3) is 0.800.